The van der Waals surface area contributed by atoms with Gasteiger partial charge in [-0.2, -0.15) is 0 Å². The summed E-state index contributed by atoms with van der Waals surface area (Å²) in [6, 6.07) is 6.57. The molecule has 0 aliphatic heterocycles. The van der Waals surface area contributed by atoms with Crippen LogP contribution in [0.4, 0.5) is 5.69 Å². The van der Waals surface area contributed by atoms with E-state index in [-0.39, 0.29) is 24.7 Å². The number of nitrogens with one attached hydrogen (secondary N) is 1. The van der Waals surface area contributed by atoms with Crippen molar-refractivity contribution in [3.8, 4) is 0 Å². The van der Waals surface area contributed by atoms with Gasteiger partial charge in [-0.15, -0.1) is 13.2 Å². The van der Waals surface area contributed by atoms with E-state index in [0.717, 1.165) is 0 Å². The molecule has 1 aromatic rings. The minimum atomic E-state index is -0.936. The molecule has 0 aromatic heterocycles. The minimum Gasteiger partial charge on any atom is -0.481 e. The molecule has 0 atom stereocenters. The zero-order chi connectivity index (χ0) is 19.7. The quantitative estimate of drug-likeness (QED) is 0.628. The van der Waals surface area contributed by atoms with E-state index in [1.54, 1.807) is 55.2 Å². The summed E-state index contributed by atoms with van der Waals surface area (Å²) in [5.41, 5.74) is 0.413. The Kier molecular flexibility index (Phi) is 7.77. The van der Waals surface area contributed by atoms with Gasteiger partial charge in [0.15, 0.2) is 0 Å². The second-order valence-corrected chi connectivity index (χ2v) is 6.82. The smallest absolute Gasteiger partial charge is 0.303 e. The van der Waals surface area contributed by atoms with Gasteiger partial charge in [-0.05, 0) is 29.7 Å². The Bertz CT molecular complexity index is 668. The molecule has 2 amide bonds. The molecule has 6 nitrogen and oxygen atoms in total. The van der Waals surface area contributed by atoms with Gasteiger partial charge in [-0.1, -0.05) is 26.0 Å². The van der Waals surface area contributed by atoms with Crippen LogP contribution in [-0.2, 0) is 9.59 Å². The Hall–Kier alpha value is -2.89. The Morgan fingerprint density at radius 2 is 1.62 bits per heavy atom. The number of aliphatic carboxylic acids is 1. The number of hydrogen-bond donors (Lipinski definition) is 2. The molecule has 0 spiro atoms. The molecule has 140 valence electrons. The maximum absolute atomic E-state index is 12.4. The molecule has 6 heteroatoms. The molecule has 0 bridgehead atoms. The van der Waals surface area contributed by atoms with E-state index in [0.29, 0.717) is 24.3 Å². The summed E-state index contributed by atoms with van der Waals surface area (Å²) >= 11 is 0. The summed E-state index contributed by atoms with van der Waals surface area (Å²) in [5, 5.41) is 11.6. The molecule has 1 rings (SSSR count). The van der Waals surface area contributed by atoms with Crippen molar-refractivity contribution < 1.29 is 19.5 Å². The van der Waals surface area contributed by atoms with Gasteiger partial charge >= 0.3 is 5.97 Å². The predicted octanol–water partition coefficient (Wildman–Crippen LogP) is 3.33. The molecule has 0 saturated heterocycles. The van der Waals surface area contributed by atoms with Crippen molar-refractivity contribution in [2.24, 2.45) is 5.41 Å². The van der Waals surface area contributed by atoms with Crippen molar-refractivity contribution in [2.45, 2.75) is 26.7 Å². The fourth-order valence-electron chi connectivity index (χ4n) is 2.54. The maximum Gasteiger partial charge on any atom is 0.303 e. The molecule has 0 aliphatic rings. The van der Waals surface area contributed by atoms with Gasteiger partial charge in [0, 0.05) is 30.8 Å². The third-order valence-electron chi connectivity index (χ3n) is 3.67. The number of hydrogen-bond acceptors (Lipinski definition) is 3. The summed E-state index contributed by atoms with van der Waals surface area (Å²) in [6.45, 7) is 11.6. The van der Waals surface area contributed by atoms with Crippen LogP contribution in [0.5, 0.6) is 0 Å². The van der Waals surface area contributed by atoms with Crippen molar-refractivity contribution in [1.82, 2.24) is 4.90 Å². The Morgan fingerprint density at radius 1 is 1.08 bits per heavy atom. The van der Waals surface area contributed by atoms with Crippen molar-refractivity contribution in [2.75, 3.05) is 18.4 Å². The topological polar surface area (TPSA) is 86.7 Å². The zero-order valence-corrected chi connectivity index (χ0v) is 15.3. The molecule has 0 unspecified atom stereocenters. The number of rotatable bonds is 10. The van der Waals surface area contributed by atoms with Crippen molar-refractivity contribution in [3.63, 3.8) is 0 Å². The molecule has 0 aliphatic carbocycles. The van der Waals surface area contributed by atoms with E-state index < -0.39 is 11.4 Å². The third kappa shape index (κ3) is 6.93. The van der Waals surface area contributed by atoms with Crippen LogP contribution in [0.3, 0.4) is 0 Å². The summed E-state index contributed by atoms with van der Waals surface area (Å²) in [6.07, 6.45) is 3.30. The van der Waals surface area contributed by atoms with Gasteiger partial charge in [0.2, 0.25) is 5.91 Å². The second-order valence-electron chi connectivity index (χ2n) is 6.82. The van der Waals surface area contributed by atoms with Gasteiger partial charge in [0.25, 0.3) is 5.91 Å². The molecule has 0 fully saturated rings. The summed E-state index contributed by atoms with van der Waals surface area (Å²) in [4.78, 5) is 37.0. The first kappa shape index (κ1) is 21.2. The number of carbonyl (C=O) groups is 3. The number of nitrogens with zero attached hydrogens (tertiary/aromatic N) is 1. The van der Waals surface area contributed by atoms with Gasteiger partial charge in [0.05, 0.1) is 6.42 Å². The second kappa shape index (κ2) is 9.56. The van der Waals surface area contributed by atoms with Crippen LogP contribution in [0, 0.1) is 5.41 Å². The lowest BCUT2D eigenvalue weighted by molar-refractivity contribution is -0.139. The van der Waals surface area contributed by atoms with Crippen molar-refractivity contribution in [1.29, 1.82) is 0 Å². The Labute approximate surface area is 154 Å². The minimum absolute atomic E-state index is 0.0870. The fraction of sp³-hybridized carbons (Fsp3) is 0.350. The van der Waals surface area contributed by atoms with Crippen LogP contribution >= 0.6 is 0 Å². The Balaban J connectivity index is 2.73. The lowest BCUT2D eigenvalue weighted by Crippen LogP contribution is -2.31. The number of amides is 2. The van der Waals surface area contributed by atoms with Crippen LogP contribution < -0.4 is 5.32 Å². The van der Waals surface area contributed by atoms with Crippen LogP contribution in [0.15, 0.2) is 49.6 Å². The lowest BCUT2D eigenvalue weighted by atomic mass is 9.85. The first-order valence-electron chi connectivity index (χ1n) is 8.31. The highest BCUT2D eigenvalue weighted by Crippen LogP contribution is 2.25. The molecular formula is C20H26N2O4. The van der Waals surface area contributed by atoms with E-state index in [1.807, 2.05) is 0 Å². The highest BCUT2D eigenvalue weighted by Gasteiger charge is 2.25. The molecule has 0 saturated carbocycles. The zero-order valence-electron chi connectivity index (χ0n) is 15.3. The fourth-order valence-corrected chi connectivity index (χ4v) is 2.54. The molecule has 2 N–H and O–H groups in total. The van der Waals surface area contributed by atoms with E-state index in [2.05, 4.69) is 18.5 Å². The highest BCUT2D eigenvalue weighted by atomic mass is 16.4. The SMILES string of the molecule is C=CCN(CC=C)C(=O)c1ccc(NC(=O)CC(C)(C)CC(=O)O)cc1. The van der Waals surface area contributed by atoms with E-state index in [4.69, 9.17) is 5.11 Å². The highest BCUT2D eigenvalue weighted by molar-refractivity contribution is 5.96. The summed E-state index contributed by atoms with van der Waals surface area (Å²) in [5.74, 6) is -1.35. The molecule has 0 heterocycles. The van der Waals surface area contributed by atoms with Gasteiger partial charge in [-0.25, -0.2) is 0 Å². The standard InChI is InChI=1S/C20H26N2O4/c1-5-11-22(12-6-2)19(26)15-7-9-16(10-8-15)21-17(23)13-20(3,4)14-18(24)25/h5-10H,1-2,11-14H2,3-4H3,(H,21,23)(H,24,25). The number of carbonyl (C=O) groups excluding carboxylic acids is 2. The van der Waals surface area contributed by atoms with E-state index >= 15 is 0 Å². The average molecular weight is 358 g/mol. The van der Waals surface area contributed by atoms with Crippen LogP contribution in [-0.4, -0.2) is 40.9 Å². The number of anilines is 1. The molecular weight excluding hydrogens is 332 g/mol. The van der Waals surface area contributed by atoms with Gasteiger partial charge in [0.1, 0.15) is 0 Å². The van der Waals surface area contributed by atoms with Gasteiger partial charge < -0.3 is 15.3 Å². The Morgan fingerprint density at radius 3 is 2.08 bits per heavy atom. The van der Waals surface area contributed by atoms with Crippen molar-refractivity contribution >= 4 is 23.5 Å². The predicted molar refractivity (Wildman–Crippen MR) is 102 cm³/mol. The third-order valence-corrected chi connectivity index (χ3v) is 3.67. The summed E-state index contributed by atoms with van der Waals surface area (Å²) in [7, 11) is 0. The number of carboxylic acids is 1. The van der Waals surface area contributed by atoms with Crippen LogP contribution in [0.25, 0.3) is 0 Å². The monoisotopic (exact) mass is 358 g/mol. The first-order valence-corrected chi connectivity index (χ1v) is 8.31. The van der Waals surface area contributed by atoms with E-state index in [9.17, 15) is 14.4 Å². The average Bonchev–Trinajstić information content (AvgIpc) is 2.52. The van der Waals surface area contributed by atoms with Crippen molar-refractivity contribution in [3.05, 3.63) is 55.1 Å². The number of benzene rings is 1. The molecule has 0 radical (unpaired) electrons. The first-order chi connectivity index (χ1) is 12.2. The normalized spacial score (nSPS) is 10.7. The van der Waals surface area contributed by atoms with E-state index in [1.165, 1.54) is 0 Å². The molecule has 26 heavy (non-hydrogen) atoms. The number of carboxylic acid groups (broad SMARTS) is 1. The summed E-state index contributed by atoms with van der Waals surface area (Å²) < 4.78 is 0. The molecule has 1 aromatic carbocycles. The van der Waals surface area contributed by atoms with Gasteiger partial charge in [-0.3, -0.25) is 14.4 Å². The lowest BCUT2D eigenvalue weighted by Gasteiger charge is -2.21. The largest absolute Gasteiger partial charge is 0.481 e. The maximum atomic E-state index is 12.4. The van der Waals surface area contributed by atoms with Crippen LogP contribution in [0.1, 0.15) is 37.0 Å². The van der Waals surface area contributed by atoms with Crippen LogP contribution in [0.2, 0.25) is 0 Å².